The molecule has 2 saturated heterocycles. The Morgan fingerprint density at radius 2 is 1.86 bits per heavy atom. The van der Waals surface area contributed by atoms with Gasteiger partial charge in [0.05, 0.1) is 13.8 Å². The van der Waals surface area contributed by atoms with Crippen molar-refractivity contribution in [3.05, 3.63) is 29.6 Å². The van der Waals surface area contributed by atoms with Crippen LogP contribution in [0.25, 0.3) is 0 Å². The van der Waals surface area contributed by atoms with Gasteiger partial charge in [0.25, 0.3) is 5.91 Å². The molecule has 4 rings (SSSR count). The summed E-state index contributed by atoms with van der Waals surface area (Å²) in [6, 6.07) is 4.27. The number of methoxy groups -OCH3 is 1. The van der Waals surface area contributed by atoms with Crippen LogP contribution in [0.2, 0.25) is 0 Å². The number of rotatable bonds is 6. The van der Waals surface area contributed by atoms with Gasteiger partial charge in [-0.25, -0.2) is 14.1 Å². The SMILES string of the molecule is COc1ccc(F)cc1CN1CCN(CN2C(=O)N[C@@](C)(C3CC3)C2=O)CC1. The van der Waals surface area contributed by atoms with E-state index in [1.54, 1.807) is 13.2 Å². The third-order valence-corrected chi connectivity index (χ3v) is 6.14. The summed E-state index contributed by atoms with van der Waals surface area (Å²) >= 11 is 0. The second kappa shape index (κ2) is 7.33. The van der Waals surface area contributed by atoms with Crippen molar-refractivity contribution in [1.29, 1.82) is 0 Å². The van der Waals surface area contributed by atoms with Crippen LogP contribution in [0.15, 0.2) is 18.2 Å². The Bertz CT molecular complexity index is 777. The van der Waals surface area contributed by atoms with Crippen molar-refractivity contribution in [1.82, 2.24) is 20.0 Å². The molecule has 2 aliphatic heterocycles. The van der Waals surface area contributed by atoms with Crippen LogP contribution in [0.3, 0.4) is 0 Å². The van der Waals surface area contributed by atoms with Gasteiger partial charge >= 0.3 is 6.03 Å². The molecule has 1 aliphatic carbocycles. The molecule has 1 atom stereocenters. The van der Waals surface area contributed by atoms with E-state index in [0.717, 1.165) is 44.6 Å². The van der Waals surface area contributed by atoms with E-state index in [1.165, 1.54) is 17.0 Å². The van der Waals surface area contributed by atoms with E-state index in [-0.39, 0.29) is 23.7 Å². The van der Waals surface area contributed by atoms with E-state index in [9.17, 15) is 14.0 Å². The normalized spacial score (nSPS) is 26.6. The molecule has 7 nitrogen and oxygen atoms in total. The number of nitrogens with zero attached hydrogens (tertiary/aromatic N) is 3. The molecular formula is C20H27FN4O3. The van der Waals surface area contributed by atoms with Gasteiger partial charge in [-0.1, -0.05) is 0 Å². The molecule has 1 N–H and O–H groups in total. The number of hydrogen-bond acceptors (Lipinski definition) is 5. The molecule has 3 aliphatic rings. The first-order valence-corrected chi connectivity index (χ1v) is 9.82. The third-order valence-electron chi connectivity index (χ3n) is 6.14. The Morgan fingerprint density at radius 1 is 1.18 bits per heavy atom. The van der Waals surface area contributed by atoms with Crippen LogP contribution in [-0.4, -0.2) is 72.1 Å². The minimum Gasteiger partial charge on any atom is -0.496 e. The predicted molar refractivity (Wildman–Crippen MR) is 101 cm³/mol. The summed E-state index contributed by atoms with van der Waals surface area (Å²) in [7, 11) is 1.59. The molecule has 152 valence electrons. The molecule has 0 spiro atoms. The predicted octanol–water partition coefficient (Wildman–Crippen LogP) is 1.63. The van der Waals surface area contributed by atoms with Crippen molar-refractivity contribution in [3.63, 3.8) is 0 Å². The summed E-state index contributed by atoms with van der Waals surface area (Å²) in [5, 5.41) is 2.89. The van der Waals surface area contributed by atoms with Crippen molar-refractivity contribution < 1.29 is 18.7 Å². The van der Waals surface area contributed by atoms with Crippen LogP contribution in [0.1, 0.15) is 25.3 Å². The zero-order chi connectivity index (χ0) is 19.9. The third kappa shape index (κ3) is 3.58. The maximum absolute atomic E-state index is 13.6. The van der Waals surface area contributed by atoms with E-state index in [4.69, 9.17) is 4.74 Å². The maximum Gasteiger partial charge on any atom is 0.326 e. The van der Waals surface area contributed by atoms with Gasteiger partial charge in [-0.2, -0.15) is 0 Å². The van der Waals surface area contributed by atoms with Gasteiger partial charge in [0.1, 0.15) is 17.1 Å². The molecule has 28 heavy (non-hydrogen) atoms. The molecule has 2 heterocycles. The Labute approximate surface area is 164 Å². The molecule has 3 fully saturated rings. The van der Waals surface area contributed by atoms with E-state index < -0.39 is 5.54 Å². The topological polar surface area (TPSA) is 65.1 Å². The highest BCUT2D eigenvalue weighted by Crippen LogP contribution is 2.42. The van der Waals surface area contributed by atoms with Crippen LogP contribution in [0.5, 0.6) is 5.75 Å². The number of benzene rings is 1. The number of hydrogen-bond donors (Lipinski definition) is 1. The number of ether oxygens (including phenoxy) is 1. The van der Waals surface area contributed by atoms with Gasteiger partial charge in [0.15, 0.2) is 0 Å². The molecule has 3 amide bonds. The monoisotopic (exact) mass is 390 g/mol. The van der Waals surface area contributed by atoms with Crippen molar-refractivity contribution in [2.75, 3.05) is 40.0 Å². The zero-order valence-electron chi connectivity index (χ0n) is 16.4. The average molecular weight is 390 g/mol. The number of amides is 3. The van der Waals surface area contributed by atoms with E-state index in [0.29, 0.717) is 19.0 Å². The highest BCUT2D eigenvalue weighted by Gasteiger charge is 2.56. The van der Waals surface area contributed by atoms with E-state index in [1.807, 2.05) is 6.92 Å². The number of carbonyl (C=O) groups is 2. The number of carbonyl (C=O) groups excluding carboxylic acids is 2. The molecule has 8 heteroatoms. The van der Waals surface area contributed by atoms with Gasteiger partial charge in [-0.15, -0.1) is 0 Å². The average Bonchev–Trinajstić information content (AvgIpc) is 3.49. The minimum atomic E-state index is -0.729. The van der Waals surface area contributed by atoms with E-state index >= 15 is 0 Å². The summed E-state index contributed by atoms with van der Waals surface area (Å²) in [6.45, 7) is 5.83. The molecule has 0 unspecified atom stereocenters. The lowest BCUT2D eigenvalue weighted by Gasteiger charge is -2.36. The summed E-state index contributed by atoms with van der Waals surface area (Å²) in [5.74, 6) is 0.577. The molecule has 0 bridgehead atoms. The fraction of sp³-hybridized carbons (Fsp3) is 0.600. The second-order valence-corrected chi connectivity index (χ2v) is 8.13. The Morgan fingerprint density at radius 3 is 2.50 bits per heavy atom. The lowest BCUT2D eigenvalue weighted by Crippen LogP contribution is -2.51. The van der Waals surface area contributed by atoms with Crippen LogP contribution in [0.4, 0.5) is 9.18 Å². The van der Waals surface area contributed by atoms with Crippen molar-refractivity contribution >= 4 is 11.9 Å². The first kappa shape index (κ1) is 19.1. The molecule has 0 radical (unpaired) electrons. The number of halogens is 1. The highest BCUT2D eigenvalue weighted by molar-refractivity contribution is 6.07. The minimum absolute atomic E-state index is 0.105. The molecule has 1 aromatic rings. The number of nitrogens with one attached hydrogen (secondary N) is 1. The maximum atomic E-state index is 13.6. The molecular weight excluding hydrogens is 363 g/mol. The van der Waals surface area contributed by atoms with Crippen LogP contribution in [0, 0.1) is 11.7 Å². The standard InChI is InChI=1S/C20H27FN4O3/c1-20(15-3-4-15)18(26)25(19(27)22-20)13-24-9-7-23(8-10-24)12-14-11-16(21)5-6-17(14)28-2/h5-6,11,15H,3-4,7-10,12-13H2,1-2H3,(H,22,27)/t20-/m0/s1. The molecule has 1 aromatic carbocycles. The van der Waals surface area contributed by atoms with Gasteiger partial charge in [-0.05, 0) is 43.9 Å². The first-order chi connectivity index (χ1) is 13.4. The summed E-state index contributed by atoms with van der Waals surface area (Å²) in [4.78, 5) is 30.8. The quantitative estimate of drug-likeness (QED) is 0.748. The fourth-order valence-corrected chi connectivity index (χ4v) is 4.18. The van der Waals surface area contributed by atoms with Crippen molar-refractivity contribution in [3.8, 4) is 5.75 Å². The molecule has 1 saturated carbocycles. The lowest BCUT2D eigenvalue weighted by molar-refractivity contribution is -0.133. The Kier molecular flexibility index (Phi) is 5.01. The van der Waals surface area contributed by atoms with Crippen molar-refractivity contribution in [2.45, 2.75) is 31.8 Å². The van der Waals surface area contributed by atoms with Gasteiger partial charge in [0.2, 0.25) is 0 Å². The van der Waals surface area contributed by atoms with Crippen LogP contribution < -0.4 is 10.1 Å². The highest BCUT2D eigenvalue weighted by atomic mass is 19.1. The molecule has 0 aromatic heterocycles. The number of imide groups is 1. The van der Waals surface area contributed by atoms with Gasteiger partial charge < -0.3 is 10.1 Å². The number of piperazine rings is 1. The fourth-order valence-electron chi connectivity index (χ4n) is 4.18. The van der Waals surface area contributed by atoms with E-state index in [2.05, 4.69) is 15.1 Å². The van der Waals surface area contributed by atoms with Gasteiger partial charge in [0, 0.05) is 38.3 Å². The second-order valence-electron chi connectivity index (χ2n) is 8.13. The van der Waals surface area contributed by atoms with Crippen LogP contribution >= 0.6 is 0 Å². The summed E-state index contributed by atoms with van der Waals surface area (Å²) < 4.78 is 18.9. The Balaban J connectivity index is 1.32. The first-order valence-electron chi connectivity index (χ1n) is 9.82. The zero-order valence-corrected chi connectivity index (χ0v) is 16.4. The smallest absolute Gasteiger partial charge is 0.326 e. The summed E-state index contributed by atoms with van der Waals surface area (Å²) in [6.07, 6.45) is 2.00. The van der Waals surface area contributed by atoms with Crippen LogP contribution in [-0.2, 0) is 11.3 Å². The number of urea groups is 1. The largest absolute Gasteiger partial charge is 0.496 e. The lowest BCUT2D eigenvalue weighted by atomic mass is 9.96. The van der Waals surface area contributed by atoms with Gasteiger partial charge in [-0.3, -0.25) is 14.6 Å². The van der Waals surface area contributed by atoms with Crippen molar-refractivity contribution in [2.24, 2.45) is 5.92 Å². The Hall–Kier alpha value is -2.19. The summed E-state index contributed by atoms with van der Waals surface area (Å²) in [5.41, 5.74) is 0.0950.